The van der Waals surface area contributed by atoms with Crippen molar-refractivity contribution in [2.24, 2.45) is 0 Å². The summed E-state index contributed by atoms with van der Waals surface area (Å²) in [6, 6.07) is 24.4. The number of alkyl halides is 5. The number of rotatable bonds is 9. The second kappa shape index (κ2) is 11.2. The lowest BCUT2D eigenvalue weighted by Crippen LogP contribution is -2.37. The highest BCUT2D eigenvalue weighted by Crippen LogP contribution is 2.56. The molecule has 0 saturated heterocycles. The van der Waals surface area contributed by atoms with Crippen molar-refractivity contribution in [2.45, 2.75) is 52.8 Å². The molecule has 0 aliphatic rings. The standard InChI is InChI=1S/C27H27Cl5O/c1-2-3-4-7-13-20-14-12-19-23(26(28,29)27(30,31)32)24(20)25(33,21-15-8-5-9-16-21)22-17-10-6-11-18-22/h5-6,8-12,14-19,33H,2-4,7,13H2,1H3. The smallest absolute Gasteiger partial charge is 0.227 e. The van der Waals surface area contributed by atoms with Gasteiger partial charge in [-0.25, -0.2) is 0 Å². The number of hydrogen-bond acceptors (Lipinski definition) is 1. The van der Waals surface area contributed by atoms with Crippen molar-refractivity contribution in [3.63, 3.8) is 0 Å². The highest BCUT2D eigenvalue weighted by atomic mass is 35.6. The van der Waals surface area contributed by atoms with Gasteiger partial charge in [0.1, 0.15) is 5.60 Å². The first-order chi connectivity index (χ1) is 15.6. The first-order valence-corrected chi connectivity index (χ1v) is 12.9. The Kier molecular flexibility index (Phi) is 9.06. The minimum atomic E-state index is -2.03. The average molecular weight is 545 g/mol. The normalized spacial score (nSPS) is 12.7. The highest BCUT2D eigenvalue weighted by Gasteiger charge is 2.51. The van der Waals surface area contributed by atoms with Gasteiger partial charge in [0.15, 0.2) is 4.33 Å². The van der Waals surface area contributed by atoms with E-state index in [2.05, 4.69) is 6.92 Å². The molecule has 176 valence electrons. The summed E-state index contributed by atoms with van der Waals surface area (Å²) in [5, 5.41) is 12.6. The molecule has 0 radical (unpaired) electrons. The molecule has 0 unspecified atom stereocenters. The molecule has 0 heterocycles. The summed E-state index contributed by atoms with van der Waals surface area (Å²) >= 11 is 32.2. The molecule has 0 fully saturated rings. The fourth-order valence-electron chi connectivity index (χ4n) is 4.21. The molecule has 6 heteroatoms. The second-order valence-corrected chi connectivity index (χ2v) is 11.8. The lowest BCUT2D eigenvalue weighted by Gasteiger charge is -2.38. The average Bonchev–Trinajstić information content (AvgIpc) is 2.81. The lowest BCUT2D eigenvalue weighted by atomic mass is 9.75. The van der Waals surface area contributed by atoms with Crippen molar-refractivity contribution in [1.29, 1.82) is 0 Å². The Morgan fingerprint density at radius 1 is 0.667 bits per heavy atom. The van der Waals surface area contributed by atoms with E-state index in [1.807, 2.05) is 72.8 Å². The maximum absolute atomic E-state index is 12.6. The molecule has 0 spiro atoms. The van der Waals surface area contributed by atoms with Gasteiger partial charge in [0.2, 0.25) is 3.79 Å². The Balaban J connectivity index is 2.34. The van der Waals surface area contributed by atoms with Crippen LogP contribution in [0.1, 0.15) is 60.4 Å². The molecular formula is C27H27Cl5O. The summed E-state index contributed by atoms with van der Waals surface area (Å²) in [5.41, 5.74) is 1.62. The zero-order chi connectivity index (χ0) is 24.1. The molecule has 0 amide bonds. The van der Waals surface area contributed by atoms with Gasteiger partial charge in [-0.1, -0.05) is 163 Å². The van der Waals surface area contributed by atoms with Crippen LogP contribution in [0.4, 0.5) is 0 Å². The predicted molar refractivity (Wildman–Crippen MR) is 143 cm³/mol. The van der Waals surface area contributed by atoms with E-state index >= 15 is 0 Å². The molecule has 0 bridgehead atoms. The largest absolute Gasteiger partial charge is 0.376 e. The number of benzene rings is 3. The molecule has 33 heavy (non-hydrogen) atoms. The van der Waals surface area contributed by atoms with Crippen molar-refractivity contribution in [1.82, 2.24) is 0 Å². The van der Waals surface area contributed by atoms with Gasteiger partial charge < -0.3 is 5.11 Å². The zero-order valence-corrected chi connectivity index (χ0v) is 22.2. The van der Waals surface area contributed by atoms with Gasteiger partial charge in [-0.3, -0.25) is 0 Å². The number of aryl methyl sites for hydroxylation is 1. The molecule has 3 aromatic rings. The predicted octanol–water partition coefficient (Wildman–Crippen LogP) is 9.09. The Hall–Kier alpha value is -0.930. The Bertz CT molecular complexity index is 990. The number of hydrogen-bond donors (Lipinski definition) is 1. The van der Waals surface area contributed by atoms with Gasteiger partial charge in [0, 0.05) is 5.56 Å². The fourth-order valence-corrected chi connectivity index (χ4v) is 4.83. The first-order valence-electron chi connectivity index (χ1n) is 11.0. The monoisotopic (exact) mass is 542 g/mol. The maximum atomic E-state index is 12.6. The van der Waals surface area contributed by atoms with Gasteiger partial charge in [-0.15, -0.1) is 0 Å². The fraction of sp³-hybridized carbons (Fsp3) is 0.333. The van der Waals surface area contributed by atoms with E-state index < -0.39 is 13.7 Å². The van der Waals surface area contributed by atoms with Gasteiger partial charge in [-0.2, -0.15) is 0 Å². The third kappa shape index (κ3) is 5.67. The summed E-state index contributed by atoms with van der Waals surface area (Å²) in [4.78, 5) is 0. The molecule has 0 saturated carbocycles. The van der Waals surface area contributed by atoms with E-state index in [9.17, 15) is 5.11 Å². The quantitative estimate of drug-likeness (QED) is 0.162. The van der Waals surface area contributed by atoms with E-state index in [1.54, 1.807) is 6.07 Å². The third-order valence-electron chi connectivity index (χ3n) is 5.89. The van der Waals surface area contributed by atoms with Gasteiger partial charge >= 0.3 is 0 Å². The second-order valence-electron chi connectivity index (χ2n) is 8.16. The van der Waals surface area contributed by atoms with E-state index in [-0.39, 0.29) is 0 Å². The van der Waals surface area contributed by atoms with Crippen LogP contribution in [-0.4, -0.2) is 8.90 Å². The van der Waals surface area contributed by atoms with Crippen LogP contribution in [0.3, 0.4) is 0 Å². The third-order valence-corrected chi connectivity index (χ3v) is 8.29. The van der Waals surface area contributed by atoms with Crippen LogP contribution in [0, 0.1) is 0 Å². The van der Waals surface area contributed by atoms with E-state index in [0.717, 1.165) is 37.7 Å². The molecule has 0 aromatic heterocycles. The highest BCUT2D eigenvalue weighted by molar-refractivity contribution is 6.75. The van der Waals surface area contributed by atoms with Crippen LogP contribution in [-0.2, 0) is 16.4 Å². The van der Waals surface area contributed by atoms with Crippen LogP contribution in [0.2, 0.25) is 0 Å². The first kappa shape index (κ1) is 26.7. The van der Waals surface area contributed by atoms with Crippen LogP contribution in [0.25, 0.3) is 0 Å². The summed E-state index contributed by atoms with van der Waals surface area (Å²) in [7, 11) is 0. The maximum Gasteiger partial charge on any atom is 0.227 e. The molecule has 3 aromatic carbocycles. The SMILES string of the molecule is CCCCCCc1cccc(C(Cl)(Cl)C(Cl)(Cl)Cl)c1C(O)(c1ccccc1)c1ccccc1. The van der Waals surface area contributed by atoms with Gasteiger partial charge in [0.05, 0.1) is 0 Å². The van der Waals surface area contributed by atoms with Crippen LogP contribution >= 0.6 is 58.0 Å². The van der Waals surface area contributed by atoms with Crippen molar-refractivity contribution in [3.8, 4) is 0 Å². The lowest BCUT2D eigenvalue weighted by molar-refractivity contribution is 0.123. The van der Waals surface area contributed by atoms with Gasteiger partial charge in [-0.05, 0) is 35.1 Å². The molecular weight excluding hydrogens is 518 g/mol. The minimum Gasteiger partial charge on any atom is -0.376 e. The van der Waals surface area contributed by atoms with Crippen molar-refractivity contribution in [3.05, 3.63) is 107 Å². The Morgan fingerprint density at radius 2 is 1.21 bits per heavy atom. The van der Waals surface area contributed by atoms with E-state index in [1.165, 1.54) is 0 Å². The molecule has 3 rings (SSSR count). The van der Waals surface area contributed by atoms with E-state index in [0.29, 0.717) is 22.3 Å². The van der Waals surface area contributed by atoms with Crippen LogP contribution in [0.5, 0.6) is 0 Å². The molecule has 0 aliphatic carbocycles. The molecule has 0 aliphatic heterocycles. The minimum absolute atomic E-state index is 0.369. The van der Waals surface area contributed by atoms with Crippen molar-refractivity contribution >= 4 is 58.0 Å². The summed E-state index contributed by atoms with van der Waals surface area (Å²) in [6.07, 6.45) is 5.03. The summed E-state index contributed by atoms with van der Waals surface area (Å²) in [6.45, 7) is 2.17. The number of unbranched alkanes of at least 4 members (excludes halogenated alkanes) is 3. The molecule has 1 nitrogen and oxygen atoms in total. The zero-order valence-electron chi connectivity index (χ0n) is 18.4. The Morgan fingerprint density at radius 3 is 1.70 bits per heavy atom. The summed E-state index contributed by atoms with van der Waals surface area (Å²) in [5.74, 6) is 0. The van der Waals surface area contributed by atoms with Crippen LogP contribution in [0.15, 0.2) is 78.9 Å². The topological polar surface area (TPSA) is 20.2 Å². The summed E-state index contributed by atoms with van der Waals surface area (Å²) < 4.78 is -3.93. The van der Waals surface area contributed by atoms with Crippen molar-refractivity contribution in [2.75, 3.05) is 0 Å². The number of aliphatic hydroxyl groups is 1. The van der Waals surface area contributed by atoms with Gasteiger partial charge in [0.25, 0.3) is 0 Å². The van der Waals surface area contributed by atoms with Crippen molar-refractivity contribution < 1.29 is 5.11 Å². The Labute approximate surface area is 221 Å². The van der Waals surface area contributed by atoms with E-state index in [4.69, 9.17) is 58.0 Å². The molecule has 1 N–H and O–H groups in total. The number of halogens is 5. The molecule has 0 atom stereocenters. The van der Waals surface area contributed by atoms with Crippen LogP contribution < -0.4 is 0 Å².